The Morgan fingerprint density at radius 3 is 2.60 bits per heavy atom. The first kappa shape index (κ1) is 6.98. The summed E-state index contributed by atoms with van der Waals surface area (Å²) in [4.78, 5) is 0. The quantitative estimate of drug-likeness (QED) is 0.387. The molecule has 4 N–H and O–H groups in total. The van der Waals surface area contributed by atoms with Gasteiger partial charge in [-0.15, -0.1) is 0 Å². The Morgan fingerprint density at radius 1 is 1.40 bits per heavy atom. The topological polar surface area (TPSA) is 57.1 Å². The SMILES string of the molecule is O[NH2+]c1cc(O)ccc1F. The fraction of sp³-hybridized carbons (Fsp3) is 0. The lowest BCUT2D eigenvalue weighted by Gasteiger charge is -1.94. The third-order valence-corrected chi connectivity index (χ3v) is 1.12. The van der Waals surface area contributed by atoms with Gasteiger partial charge in [0.05, 0.1) is 0 Å². The first-order valence-corrected chi connectivity index (χ1v) is 2.70. The Balaban J connectivity index is 3.09. The second-order valence-electron chi connectivity index (χ2n) is 1.83. The molecule has 0 saturated carbocycles. The van der Waals surface area contributed by atoms with Gasteiger partial charge in [0.1, 0.15) is 5.75 Å². The molecule has 0 aromatic heterocycles. The van der Waals surface area contributed by atoms with Crippen LogP contribution in [0.4, 0.5) is 10.1 Å². The maximum atomic E-state index is 12.5. The highest BCUT2D eigenvalue weighted by Gasteiger charge is 2.04. The summed E-state index contributed by atoms with van der Waals surface area (Å²) in [6.45, 7) is 0. The molecule has 1 rings (SSSR count). The average Bonchev–Trinajstić information content (AvgIpc) is 1.94. The fourth-order valence-corrected chi connectivity index (χ4v) is 0.630. The highest BCUT2D eigenvalue weighted by atomic mass is 19.1. The molecule has 0 aliphatic heterocycles. The Labute approximate surface area is 56.7 Å². The van der Waals surface area contributed by atoms with Gasteiger partial charge in [0.15, 0.2) is 5.82 Å². The van der Waals surface area contributed by atoms with Crippen LogP contribution in [0.2, 0.25) is 0 Å². The molecule has 0 bridgehead atoms. The van der Waals surface area contributed by atoms with Crippen LogP contribution >= 0.6 is 0 Å². The highest BCUT2D eigenvalue weighted by molar-refractivity contribution is 5.37. The predicted molar refractivity (Wildman–Crippen MR) is 31.4 cm³/mol. The maximum Gasteiger partial charge on any atom is 0.201 e. The molecule has 0 atom stereocenters. The van der Waals surface area contributed by atoms with Crippen molar-refractivity contribution < 1.29 is 20.2 Å². The van der Waals surface area contributed by atoms with Gasteiger partial charge in [0, 0.05) is 6.07 Å². The summed E-state index contributed by atoms with van der Waals surface area (Å²) < 4.78 is 12.5. The fourth-order valence-electron chi connectivity index (χ4n) is 0.630. The van der Waals surface area contributed by atoms with Gasteiger partial charge >= 0.3 is 0 Å². The van der Waals surface area contributed by atoms with Crippen molar-refractivity contribution in [2.45, 2.75) is 0 Å². The summed E-state index contributed by atoms with van der Waals surface area (Å²) >= 11 is 0. The van der Waals surface area contributed by atoms with Gasteiger partial charge in [-0.3, -0.25) is 0 Å². The number of hydrogen-bond acceptors (Lipinski definition) is 2. The van der Waals surface area contributed by atoms with E-state index in [1.54, 1.807) is 0 Å². The van der Waals surface area contributed by atoms with Crippen molar-refractivity contribution in [1.29, 1.82) is 0 Å². The molecule has 0 saturated heterocycles. The van der Waals surface area contributed by atoms with Crippen molar-refractivity contribution in [2.75, 3.05) is 0 Å². The van der Waals surface area contributed by atoms with Gasteiger partial charge in [0.25, 0.3) is 0 Å². The number of aromatic hydroxyl groups is 1. The number of hydrogen-bond donors (Lipinski definition) is 3. The number of benzene rings is 1. The van der Waals surface area contributed by atoms with Gasteiger partial charge in [-0.25, -0.2) is 9.60 Å². The average molecular weight is 144 g/mol. The molecule has 3 nitrogen and oxygen atoms in total. The second-order valence-corrected chi connectivity index (χ2v) is 1.83. The molecule has 0 radical (unpaired) electrons. The van der Waals surface area contributed by atoms with E-state index in [1.165, 1.54) is 6.07 Å². The van der Waals surface area contributed by atoms with Crippen LogP contribution in [0, 0.1) is 5.82 Å². The van der Waals surface area contributed by atoms with Crippen molar-refractivity contribution in [1.82, 2.24) is 0 Å². The summed E-state index contributed by atoms with van der Waals surface area (Å²) in [5, 5.41) is 17.1. The number of phenolic OH excluding ortho intramolecular Hbond substituents is 1. The normalized spacial score (nSPS) is 9.80. The molecule has 0 aliphatic carbocycles. The Kier molecular flexibility index (Phi) is 1.84. The molecule has 0 fully saturated rings. The van der Waals surface area contributed by atoms with Crippen LogP contribution in [0.5, 0.6) is 5.75 Å². The van der Waals surface area contributed by atoms with E-state index in [-0.39, 0.29) is 11.4 Å². The van der Waals surface area contributed by atoms with Gasteiger partial charge in [-0.2, -0.15) is 5.48 Å². The van der Waals surface area contributed by atoms with Crippen LogP contribution in [0.1, 0.15) is 0 Å². The zero-order valence-electron chi connectivity index (χ0n) is 5.08. The molecule has 0 unspecified atom stereocenters. The van der Waals surface area contributed by atoms with E-state index < -0.39 is 5.82 Å². The summed E-state index contributed by atoms with van der Waals surface area (Å²) in [6, 6.07) is 3.43. The zero-order chi connectivity index (χ0) is 7.56. The van der Waals surface area contributed by atoms with E-state index in [0.717, 1.165) is 12.1 Å². The molecule has 4 heteroatoms. The molecule has 0 spiro atoms. The lowest BCUT2D eigenvalue weighted by Crippen LogP contribution is -2.74. The monoisotopic (exact) mass is 144 g/mol. The van der Waals surface area contributed by atoms with Crippen molar-refractivity contribution in [2.24, 2.45) is 0 Å². The zero-order valence-corrected chi connectivity index (χ0v) is 5.08. The molecule has 1 aromatic rings. The Hall–Kier alpha value is -1.13. The minimum Gasteiger partial charge on any atom is -0.508 e. The van der Waals surface area contributed by atoms with Gasteiger partial charge in [-0.05, 0) is 12.1 Å². The van der Waals surface area contributed by atoms with Crippen LogP contribution in [0.15, 0.2) is 18.2 Å². The van der Waals surface area contributed by atoms with Crippen LogP contribution < -0.4 is 5.48 Å². The summed E-state index contributed by atoms with van der Waals surface area (Å²) in [6.07, 6.45) is 0. The Morgan fingerprint density at radius 2 is 2.10 bits per heavy atom. The van der Waals surface area contributed by atoms with E-state index in [4.69, 9.17) is 10.3 Å². The molecule has 0 aliphatic rings. The molecular weight excluding hydrogens is 137 g/mol. The van der Waals surface area contributed by atoms with E-state index in [1.807, 2.05) is 0 Å². The number of quaternary nitrogens is 1. The third kappa shape index (κ3) is 1.23. The predicted octanol–water partition coefficient (Wildman–Crippen LogP) is 0.115. The smallest absolute Gasteiger partial charge is 0.201 e. The highest BCUT2D eigenvalue weighted by Crippen LogP contribution is 2.15. The standard InChI is InChI=1S/C6H6FNO2/c7-5-2-1-4(9)3-6(5)8-10/h1-3,8-10H/p+1. The van der Waals surface area contributed by atoms with Crippen molar-refractivity contribution in [3.8, 4) is 5.75 Å². The number of nitrogens with two attached hydrogens (primary N) is 1. The lowest BCUT2D eigenvalue weighted by atomic mass is 10.3. The number of phenols is 1. The number of rotatable bonds is 1. The van der Waals surface area contributed by atoms with Crippen LogP contribution in [0.3, 0.4) is 0 Å². The van der Waals surface area contributed by atoms with E-state index in [0.29, 0.717) is 5.48 Å². The number of halogens is 1. The van der Waals surface area contributed by atoms with E-state index >= 15 is 0 Å². The molecule has 0 heterocycles. The third-order valence-electron chi connectivity index (χ3n) is 1.12. The van der Waals surface area contributed by atoms with Crippen LogP contribution in [0.25, 0.3) is 0 Å². The summed E-state index contributed by atoms with van der Waals surface area (Å²) in [7, 11) is 0. The van der Waals surface area contributed by atoms with Crippen LogP contribution in [-0.4, -0.2) is 10.3 Å². The van der Waals surface area contributed by atoms with Crippen molar-refractivity contribution in [3.63, 3.8) is 0 Å². The molecule has 10 heavy (non-hydrogen) atoms. The maximum absolute atomic E-state index is 12.5. The first-order chi connectivity index (χ1) is 4.74. The van der Waals surface area contributed by atoms with Gasteiger partial charge < -0.3 is 5.11 Å². The Bertz CT molecular complexity index is 239. The second kappa shape index (κ2) is 2.64. The summed E-state index contributed by atoms with van der Waals surface area (Å²) in [5.74, 6) is -0.623. The minimum atomic E-state index is -0.555. The van der Waals surface area contributed by atoms with Crippen molar-refractivity contribution >= 4 is 5.69 Å². The largest absolute Gasteiger partial charge is 0.508 e. The molecule has 0 amide bonds. The minimum absolute atomic E-state index is 0.0139. The molecule has 54 valence electrons. The van der Waals surface area contributed by atoms with Gasteiger partial charge in [-0.1, -0.05) is 0 Å². The molecule has 1 aromatic carbocycles. The molecular formula is C6H7FNO2+. The van der Waals surface area contributed by atoms with Crippen molar-refractivity contribution in [3.05, 3.63) is 24.0 Å². The first-order valence-electron chi connectivity index (χ1n) is 2.70. The summed E-state index contributed by atoms with van der Waals surface area (Å²) in [5.41, 5.74) is 0.592. The van der Waals surface area contributed by atoms with E-state index in [2.05, 4.69) is 0 Å². The van der Waals surface area contributed by atoms with Gasteiger partial charge in [0.2, 0.25) is 5.69 Å². The van der Waals surface area contributed by atoms with Crippen LogP contribution in [-0.2, 0) is 0 Å². The van der Waals surface area contributed by atoms with E-state index in [9.17, 15) is 4.39 Å². The lowest BCUT2D eigenvalue weighted by molar-refractivity contribution is -0.826.